The summed E-state index contributed by atoms with van der Waals surface area (Å²) in [5, 5.41) is 15.4. The van der Waals surface area contributed by atoms with E-state index in [0.717, 1.165) is 35.5 Å². The third-order valence-electron chi connectivity index (χ3n) is 7.49. The van der Waals surface area contributed by atoms with Crippen LogP contribution in [0.2, 0.25) is 0 Å². The summed E-state index contributed by atoms with van der Waals surface area (Å²) >= 11 is 1.76. The minimum Gasteiger partial charge on any atom is -0.392 e. The van der Waals surface area contributed by atoms with Gasteiger partial charge in [-0.25, -0.2) is 4.98 Å². The Morgan fingerprint density at radius 3 is 3.00 bits per heavy atom. The largest absolute Gasteiger partial charge is 0.392 e. The molecule has 2 N–H and O–H groups in total. The number of rotatable bonds is 6. The van der Waals surface area contributed by atoms with Crippen molar-refractivity contribution in [3.63, 3.8) is 0 Å². The normalized spacial score (nSPS) is 30.9. The molecular weight excluding hydrogens is 410 g/mol. The van der Waals surface area contributed by atoms with E-state index in [0.29, 0.717) is 13.2 Å². The molecule has 2 aromatic heterocycles. The molecule has 0 aromatic carbocycles. The summed E-state index contributed by atoms with van der Waals surface area (Å²) in [5.41, 5.74) is 2.18. The number of ether oxygens (including phenoxy) is 1. The quantitative estimate of drug-likeness (QED) is 0.666. The van der Waals surface area contributed by atoms with Gasteiger partial charge in [0.05, 0.1) is 18.4 Å². The molecule has 2 heterocycles. The Bertz CT molecular complexity index is 918. The maximum absolute atomic E-state index is 12.6. The van der Waals surface area contributed by atoms with Gasteiger partial charge in [-0.3, -0.25) is 9.78 Å². The number of aliphatic hydroxyl groups excluding tert-OH is 1. The van der Waals surface area contributed by atoms with Crippen LogP contribution in [0, 0.1) is 23.2 Å². The van der Waals surface area contributed by atoms with Gasteiger partial charge in [0.2, 0.25) is 5.91 Å². The van der Waals surface area contributed by atoms with Gasteiger partial charge in [0.25, 0.3) is 0 Å². The fourth-order valence-corrected chi connectivity index (χ4v) is 7.14. The van der Waals surface area contributed by atoms with E-state index in [1.54, 1.807) is 24.6 Å². The summed E-state index contributed by atoms with van der Waals surface area (Å²) in [7, 11) is 1.62. The first-order chi connectivity index (χ1) is 14.9. The minimum atomic E-state index is -0.520. The molecule has 168 valence electrons. The van der Waals surface area contributed by atoms with Crippen molar-refractivity contribution in [2.24, 2.45) is 23.2 Å². The lowest BCUT2D eigenvalue weighted by Gasteiger charge is -2.53. The van der Waals surface area contributed by atoms with Crippen molar-refractivity contribution in [3.05, 3.63) is 35.1 Å². The van der Waals surface area contributed by atoms with Gasteiger partial charge in [0.15, 0.2) is 0 Å². The zero-order chi connectivity index (χ0) is 22.2. The van der Waals surface area contributed by atoms with Gasteiger partial charge in [-0.2, -0.15) is 0 Å². The highest BCUT2D eigenvalue weighted by atomic mass is 32.1. The van der Waals surface area contributed by atoms with E-state index in [4.69, 9.17) is 9.72 Å². The summed E-state index contributed by atoms with van der Waals surface area (Å²) in [6, 6.07) is 3.99. The molecule has 0 spiro atoms. The third-order valence-corrected chi connectivity index (χ3v) is 8.61. The second-order valence-electron chi connectivity index (χ2n) is 9.48. The van der Waals surface area contributed by atoms with Crippen LogP contribution in [0.1, 0.15) is 50.1 Å². The van der Waals surface area contributed by atoms with E-state index < -0.39 is 6.10 Å². The Labute approximate surface area is 188 Å². The monoisotopic (exact) mass is 443 g/mol. The summed E-state index contributed by atoms with van der Waals surface area (Å²) in [6.07, 6.45) is 5.93. The Morgan fingerprint density at radius 1 is 1.48 bits per heavy atom. The van der Waals surface area contributed by atoms with Gasteiger partial charge in [-0.1, -0.05) is 20.8 Å². The topological polar surface area (TPSA) is 84.3 Å². The number of carbonyl (C=O) groups excluding carboxylic acids is 1. The number of nitrogens with one attached hydrogen (secondary N) is 1. The lowest BCUT2D eigenvalue weighted by molar-refractivity contribution is -0.135. The molecule has 6 atom stereocenters. The number of nitrogens with zero attached hydrogens (tertiary/aromatic N) is 2. The molecule has 6 nitrogen and oxygen atoms in total. The smallest absolute Gasteiger partial charge is 0.223 e. The van der Waals surface area contributed by atoms with Crippen LogP contribution in [0.15, 0.2) is 24.5 Å². The van der Waals surface area contributed by atoms with Gasteiger partial charge >= 0.3 is 0 Å². The molecule has 1 saturated carbocycles. The fourth-order valence-electron chi connectivity index (χ4n) is 5.79. The summed E-state index contributed by atoms with van der Waals surface area (Å²) < 4.78 is 5.03. The van der Waals surface area contributed by atoms with E-state index in [-0.39, 0.29) is 35.0 Å². The Kier molecular flexibility index (Phi) is 6.47. The first-order valence-electron chi connectivity index (χ1n) is 11.2. The van der Waals surface area contributed by atoms with E-state index in [2.05, 4.69) is 24.1 Å². The molecule has 0 saturated heterocycles. The molecule has 0 radical (unpaired) electrons. The molecule has 2 aliphatic rings. The molecule has 2 aliphatic carbocycles. The molecule has 1 fully saturated rings. The van der Waals surface area contributed by atoms with Crippen molar-refractivity contribution >= 4 is 17.2 Å². The second-order valence-corrected chi connectivity index (χ2v) is 10.6. The molecule has 1 amide bonds. The average molecular weight is 444 g/mol. The van der Waals surface area contributed by atoms with Gasteiger partial charge in [0, 0.05) is 48.3 Å². The Morgan fingerprint density at radius 2 is 2.29 bits per heavy atom. The number of amides is 1. The Balaban J connectivity index is 1.56. The minimum absolute atomic E-state index is 0.00127. The Hall–Kier alpha value is -1.83. The van der Waals surface area contributed by atoms with Crippen LogP contribution in [0.4, 0.5) is 0 Å². The van der Waals surface area contributed by atoms with Crippen molar-refractivity contribution in [2.45, 2.75) is 52.1 Å². The van der Waals surface area contributed by atoms with Crippen molar-refractivity contribution in [3.8, 4) is 10.6 Å². The molecule has 31 heavy (non-hydrogen) atoms. The molecular formula is C24H33N3O3S. The van der Waals surface area contributed by atoms with Crippen molar-refractivity contribution in [1.29, 1.82) is 0 Å². The predicted octanol–water partition coefficient (Wildman–Crippen LogP) is 3.66. The summed E-state index contributed by atoms with van der Waals surface area (Å²) in [5.74, 6) is -0.0254. The number of aliphatic hydroxyl groups is 1. The van der Waals surface area contributed by atoms with E-state index >= 15 is 0 Å². The number of fused-ring (bicyclic) bond motifs is 2. The third kappa shape index (κ3) is 4.15. The first kappa shape index (κ1) is 22.4. The van der Waals surface area contributed by atoms with Crippen LogP contribution >= 0.6 is 11.3 Å². The van der Waals surface area contributed by atoms with Crippen molar-refractivity contribution in [2.75, 3.05) is 20.3 Å². The van der Waals surface area contributed by atoms with Crippen molar-refractivity contribution < 1.29 is 14.6 Å². The number of hydrogen-bond donors (Lipinski definition) is 2. The molecule has 2 aromatic rings. The van der Waals surface area contributed by atoms with Gasteiger partial charge < -0.3 is 15.2 Å². The van der Waals surface area contributed by atoms with Crippen LogP contribution in [0.5, 0.6) is 0 Å². The average Bonchev–Trinajstić information content (AvgIpc) is 3.18. The fraction of sp³-hybridized carbons (Fsp3) is 0.625. The van der Waals surface area contributed by atoms with Crippen LogP contribution in [-0.2, 0) is 16.0 Å². The van der Waals surface area contributed by atoms with E-state index in [1.165, 1.54) is 4.88 Å². The number of pyridine rings is 1. The van der Waals surface area contributed by atoms with E-state index in [1.807, 2.05) is 25.3 Å². The highest BCUT2D eigenvalue weighted by Crippen LogP contribution is 2.57. The zero-order valence-corrected chi connectivity index (χ0v) is 19.6. The van der Waals surface area contributed by atoms with Crippen LogP contribution in [0.3, 0.4) is 0 Å². The van der Waals surface area contributed by atoms with E-state index in [9.17, 15) is 9.90 Å². The molecule has 0 aliphatic heterocycles. The summed E-state index contributed by atoms with van der Waals surface area (Å²) in [4.78, 5) is 23.2. The van der Waals surface area contributed by atoms with Crippen LogP contribution < -0.4 is 5.32 Å². The number of thiazole rings is 1. The standard InChI is InChI=1S/C24H33N3O3S/c1-14(22(29)26-10-11-30-4)17-7-8-24(3)12-18-20(15(2)19(24)21(17)28)27-23(31-18)16-6-5-9-25-13-16/h5-6,9,13-15,17,19,21,28H,7-8,10-12H2,1-4H3,(H,26,29)/t14-,15-,17-,19+,21-,24-/m0/s1. The lowest BCUT2D eigenvalue weighted by atomic mass is 9.53. The molecule has 4 rings (SSSR count). The van der Waals surface area contributed by atoms with Gasteiger partial charge in [0.1, 0.15) is 5.01 Å². The lowest BCUT2D eigenvalue weighted by Crippen LogP contribution is -2.53. The van der Waals surface area contributed by atoms with Gasteiger partial charge in [-0.05, 0) is 48.6 Å². The van der Waals surface area contributed by atoms with Crippen LogP contribution in [-0.4, -0.2) is 47.3 Å². The summed E-state index contributed by atoms with van der Waals surface area (Å²) in [6.45, 7) is 7.45. The second kappa shape index (κ2) is 8.96. The SMILES string of the molecule is COCCNC(=O)[C@@H](C)[C@@H]1CC[C@@]2(C)Cc3sc(-c4cccnc4)nc3[C@@H](C)[C@@H]2[C@H]1O. The zero-order valence-electron chi connectivity index (χ0n) is 18.8. The highest BCUT2D eigenvalue weighted by molar-refractivity contribution is 7.15. The number of hydrogen-bond acceptors (Lipinski definition) is 6. The highest BCUT2D eigenvalue weighted by Gasteiger charge is 2.53. The number of methoxy groups -OCH3 is 1. The maximum atomic E-state index is 12.6. The van der Waals surface area contributed by atoms with Gasteiger partial charge in [-0.15, -0.1) is 11.3 Å². The maximum Gasteiger partial charge on any atom is 0.223 e. The molecule has 0 bridgehead atoms. The molecule has 7 heteroatoms. The number of carbonyl (C=O) groups is 1. The first-order valence-corrected chi connectivity index (χ1v) is 12.0. The number of aromatic nitrogens is 2. The predicted molar refractivity (Wildman–Crippen MR) is 122 cm³/mol. The van der Waals surface area contributed by atoms with Crippen molar-refractivity contribution in [1.82, 2.24) is 15.3 Å². The van der Waals surface area contributed by atoms with Crippen LogP contribution in [0.25, 0.3) is 10.6 Å². The molecule has 0 unspecified atom stereocenters.